The molecule has 32 heavy (non-hydrogen) atoms. The summed E-state index contributed by atoms with van der Waals surface area (Å²) in [7, 11) is -4.57. The largest absolute Gasteiger partial charge is 1.00 e. The van der Waals surface area contributed by atoms with Gasteiger partial charge in [-0.1, -0.05) is 95.1 Å². The smallest absolute Gasteiger partial charge is 0.871 e. The van der Waals surface area contributed by atoms with Crippen LogP contribution in [0.3, 0.4) is 0 Å². The van der Waals surface area contributed by atoms with E-state index in [1.807, 2.05) is 18.2 Å². The third-order valence-electron chi connectivity index (χ3n) is 5.46. The minimum atomic E-state index is -4.57. The monoisotopic (exact) mass is 470 g/mol. The minimum Gasteiger partial charge on any atom is -0.871 e. The first-order chi connectivity index (χ1) is 14.9. The van der Waals surface area contributed by atoms with Crippen molar-refractivity contribution in [1.82, 2.24) is 0 Å². The maximum Gasteiger partial charge on any atom is 1.00 e. The molecule has 5 nitrogen and oxygen atoms in total. The molecular weight excluding hydrogens is 435 g/mol. The summed E-state index contributed by atoms with van der Waals surface area (Å²) < 4.78 is 38.3. The van der Waals surface area contributed by atoms with Crippen molar-refractivity contribution < 1.29 is 52.4 Å². The number of benzene rings is 2. The molecule has 1 N–H and O–H groups in total. The molecule has 2 aromatic carbocycles. The van der Waals surface area contributed by atoms with Crippen molar-refractivity contribution in [2.24, 2.45) is 0 Å². The first-order valence-corrected chi connectivity index (χ1v) is 12.9. The van der Waals surface area contributed by atoms with Gasteiger partial charge in [-0.05, 0) is 42.7 Å². The van der Waals surface area contributed by atoms with Crippen LogP contribution in [0, 0.1) is 0 Å². The molecule has 0 bridgehead atoms. The van der Waals surface area contributed by atoms with E-state index in [0.29, 0.717) is 23.5 Å². The molecule has 7 heteroatoms. The average molecular weight is 471 g/mol. The number of unbranched alkanes of at least 4 members (excludes halogenated alkanes) is 10. The summed E-state index contributed by atoms with van der Waals surface area (Å²) in [4.78, 5) is -0.592. The first-order valence-electron chi connectivity index (χ1n) is 11.5. The fourth-order valence-electron chi connectivity index (χ4n) is 3.71. The van der Waals surface area contributed by atoms with Gasteiger partial charge in [-0.3, -0.25) is 4.55 Å². The Labute approximate surface area is 215 Å². The van der Waals surface area contributed by atoms with Crippen LogP contribution in [-0.2, 0) is 16.5 Å². The van der Waals surface area contributed by atoms with Crippen LogP contribution < -0.4 is 39.4 Å². The Kier molecular flexibility index (Phi) is 14.2. The molecule has 0 amide bonds. The molecule has 0 spiro atoms. The van der Waals surface area contributed by atoms with Crippen LogP contribution in [0.15, 0.2) is 47.4 Å². The van der Waals surface area contributed by atoms with Crippen LogP contribution in [0.4, 0.5) is 0 Å². The molecule has 0 saturated heterocycles. The molecule has 0 heterocycles. The van der Waals surface area contributed by atoms with Gasteiger partial charge < -0.3 is 9.84 Å². The van der Waals surface area contributed by atoms with E-state index in [0.717, 1.165) is 25.3 Å². The number of rotatable bonds is 15. The van der Waals surface area contributed by atoms with Crippen LogP contribution >= 0.6 is 0 Å². The van der Waals surface area contributed by atoms with Gasteiger partial charge in [0.25, 0.3) is 10.1 Å². The van der Waals surface area contributed by atoms with Gasteiger partial charge >= 0.3 is 29.6 Å². The molecule has 0 saturated carbocycles. The Balaban J connectivity index is 0.00000512. The average Bonchev–Trinajstić information content (AvgIpc) is 2.73. The Morgan fingerprint density at radius 3 is 1.88 bits per heavy atom. The topological polar surface area (TPSA) is 86.7 Å². The molecule has 2 aromatic rings. The molecule has 0 radical (unpaired) electrons. The number of para-hydroxylation sites is 1. The zero-order chi connectivity index (χ0) is 22.5. The van der Waals surface area contributed by atoms with E-state index in [9.17, 15) is 18.1 Å². The minimum absolute atomic E-state index is 0. The van der Waals surface area contributed by atoms with E-state index >= 15 is 0 Å². The van der Waals surface area contributed by atoms with Gasteiger partial charge in [0.15, 0.2) is 0 Å². The number of hydrogen-bond donors (Lipinski definition) is 1. The SMILES string of the molecule is CCCCCCCCCCCCCc1c(Oc2ccccc2)ccc(S(=O)(=O)O)c1[O-].[Na+]. The van der Waals surface area contributed by atoms with Crippen LogP contribution in [0.5, 0.6) is 17.2 Å². The molecule has 0 unspecified atom stereocenters. The standard InChI is InChI=1S/C25H36O5S.Na/c1-2-3-4-5-6-7-8-9-10-11-15-18-22-23(30-21-16-13-12-14-17-21)19-20-24(25(22)26)31(27,28)29;/h12-14,16-17,19-20,26H,2-11,15,18H2,1H3,(H,27,28,29);/q;+1/p-1. The van der Waals surface area contributed by atoms with Gasteiger partial charge in [0.2, 0.25) is 0 Å². The Morgan fingerprint density at radius 2 is 1.34 bits per heavy atom. The van der Waals surface area contributed by atoms with Crippen molar-refractivity contribution in [2.45, 2.75) is 88.9 Å². The van der Waals surface area contributed by atoms with Gasteiger partial charge in [0.1, 0.15) is 11.5 Å². The fourth-order valence-corrected chi connectivity index (χ4v) is 4.30. The molecule has 0 aliphatic carbocycles. The van der Waals surface area contributed by atoms with E-state index in [4.69, 9.17) is 4.74 Å². The van der Waals surface area contributed by atoms with Gasteiger partial charge in [0.05, 0.1) is 4.90 Å². The fraction of sp³-hybridized carbons (Fsp3) is 0.520. The van der Waals surface area contributed by atoms with Crippen molar-refractivity contribution in [2.75, 3.05) is 0 Å². The third-order valence-corrected chi connectivity index (χ3v) is 6.34. The van der Waals surface area contributed by atoms with Gasteiger partial charge in [-0.25, -0.2) is 0 Å². The van der Waals surface area contributed by atoms with Crippen LogP contribution in [-0.4, -0.2) is 13.0 Å². The van der Waals surface area contributed by atoms with Crippen LogP contribution in [0.25, 0.3) is 0 Å². The van der Waals surface area contributed by atoms with Crippen molar-refractivity contribution in [3.05, 3.63) is 48.0 Å². The molecular formula is C25H35NaO5S. The molecule has 0 fully saturated rings. The Hall–Kier alpha value is -1.05. The molecule has 0 aliphatic heterocycles. The van der Waals surface area contributed by atoms with E-state index < -0.39 is 20.8 Å². The summed E-state index contributed by atoms with van der Waals surface area (Å²) in [5.74, 6) is 0.236. The maximum absolute atomic E-state index is 12.7. The second-order valence-electron chi connectivity index (χ2n) is 8.05. The normalized spacial score (nSPS) is 11.2. The Bertz CT molecular complexity index is 885. The van der Waals surface area contributed by atoms with Gasteiger partial charge in [-0.15, -0.1) is 0 Å². The summed E-state index contributed by atoms with van der Waals surface area (Å²) in [6.45, 7) is 2.23. The zero-order valence-corrected chi connectivity index (χ0v) is 22.3. The summed E-state index contributed by atoms with van der Waals surface area (Å²) in [6.07, 6.45) is 13.5. The summed E-state index contributed by atoms with van der Waals surface area (Å²) in [6, 6.07) is 11.6. The predicted octanol–water partition coefficient (Wildman–Crippen LogP) is 3.66. The summed E-state index contributed by atoms with van der Waals surface area (Å²) in [5, 5.41) is 12.7. The van der Waals surface area contributed by atoms with E-state index in [2.05, 4.69) is 6.92 Å². The van der Waals surface area contributed by atoms with E-state index in [1.165, 1.54) is 57.4 Å². The quantitative estimate of drug-likeness (QED) is 0.244. The Morgan fingerprint density at radius 1 is 0.812 bits per heavy atom. The zero-order valence-electron chi connectivity index (χ0n) is 19.5. The van der Waals surface area contributed by atoms with Crippen molar-refractivity contribution >= 4 is 10.1 Å². The molecule has 0 atom stereocenters. The molecule has 2 rings (SSSR count). The molecule has 0 aliphatic rings. The van der Waals surface area contributed by atoms with E-state index in [1.54, 1.807) is 12.1 Å². The maximum atomic E-state index is 12.7. The predicted molar refractivity (Wildman–Crippen MR) is 122 cm³/mol. The second kappa shape index (κ2) is 15.7. The van der Waals surface area contributed by atoms with Crippen LogP contribution in [0.2, 0.25) is 0 Å². The van der Waals surface area contributed by atoms with Crippen LogP contribution in [0.1, 0.15) is 83.1 Å². The van der Waals surface area contributed by atoms with Crippen molar-refractivity contribution in [3.63, 3.8) is 0 Å². The van der Waals surface area contributed by atoms with Gasteiger partial charge in [0, 0.05) is 0 Å². The van der Waals surface area contributed by atoms with E-state index in [-0.39, 0.29) is 29.6 Å². The molecule has 172 valence electrons. The first kappa shape index (κ1) is 29.0. The summed E-state index contributed by atoms with van der Waals surface area (Å²) >= 11 is 0. The number of ether oxygens (including phenoxy) is 1. The van der Waals surface area contributed by atoms with Crippen molar-refractivity contribution in [1.29, 1.82) is 0 Å². The van der Waals surface area contributed by atoms with Gasteiger partial charge in [-0.2, -0.15) is 8.42 Å². The molecule has 0 aromatic heterocycles. The summed E-state index contributed by atoms with van der Waals surface area (Å²) in [5.41, 5.74) is 0.301. The second-order valence-corrected chi connectivity index (χ2v) is 9.44. The van der Waals surface area contributed by atoms with Crippen molar-refractivity contribution in [3.8, 4) is 17.2 Å². The number of hydrogen-bond acceptors (Lipinski definition) is 4. The third kappa shape index (κ3) is 10.3.